The second-order valence-corrected chi connectivity index (χ2v) is 6.93. The van der Waals surface area contributed by atoms with Crippen LogP contribution in [-0.4, -0.2) is 31.4 Å². The molecule has 0 saturated carbocycles. The van der Waals surface area contributed by atoms with E-state index >= 15 is 0 Å². The monoisotopic (exact) mass is 387 g/mol. The van der Waals surface area contributed by atoms with E-state index in [0.717, 1.165) is 17.8 Å². The molecule has 1 N–H and O–H groups in total. The average molecular weight is 388 g/mol. The third kappa shape index (κ3) is 3.35. The molecule has 3 heterocycles. The first-order valence-electron chi connectivity index (χ1n) is 8.14. The van der Waals surface area contributed by atoms with Gasteiger partial charge in [0.2, 0.25) is 0 Å². The minimum absolute atomic E-state index is 0.129. The summed E-state index contributed by atoms with van der Waals surface area (Å²) in [6, 6.07) is 5.59. The highest BCUT2D eigenvalue weighted by Crippen LogP contribution is 2.27. The first-order chi connectivity index (χ1) is 12.6. The van der Waals surface area contributed by atoms with E-state index in [2.05, 4.69) is 24.8 Å². The zero-order valence-electron chi connectivity index (χ0n) is 13.7. The molecule has 0 fully saturated rings. The fourth-order valence-corrected chi connectivity index (χ4v) is 3.47. The zero-order valence-corrected chi connectivity index (χ0v) is 15.3. The Hall–Kier alpha value is -2.28. The summed E-state index contributed by atoms with van der Waals surface area (Å²) in [7, 11) is 0. The van der Waals surface area contributed by atoms with E-state index in [0.29, 0.717) is 46.5 Å². The van der Waals surface area contributed by atoms with Crippen molar-refractivity contribution in [1.29, 1.82) is 0 Å². The van der Waals surface area contributed by atoms with Crippen LogP contribution in [0.2, 0.25) is 10.0 Å². The predicted molar refractivity (Wildman–Crippen MR) is 100 cm³/mol. The van der Waals surface area contributed by atoms with Crippen LogP contribution in [0.1, 0.15) is 16.8 Å². The lowest BCUT2D eigenvalue weighted by Gasteiger charge is -2.28. The van der Waals surface area contributed by atoms with E-state index in [1.54, 1.807) is 18.5 Å². The van der Waals surface area contributed by atoms with Crippen molar-refractivity contribution in [1.82, 2.24) is 24.8 Å². The third-order valence-corrected chi connectivity index (χ3v) is 5.27. The lowest BCUT2D eigenvalue weighted by Crippen LogP contribution is -2.35. The van der Waals surface area contributed by atoms with E-state index in [4.69, 9.17) is 23.2 Å². The highest BCUT2D eigenvalue weighted by molar-refractivity contribution is 6.42. The molecule has 1 aromatic carbocycles. The largest absolute Gasteiger partial charge is 0.306 e. The molecule has 8 heteroatoms. The molecule has 6 nitrogen and oxygen atoms in total. The Kier molecular flexibility index (Phi) is 4.72. The third-order valence-electron chi connectivity index (χ3n) is 4.41. The number of benzene rings is 1. The van der Waals surface area contributed by atoms with E-state index in [-0.39, 0.29) is 5.56 Å². The maximum absolute atomic E-state index is 12.6. The predicted octanol–water partition coefficient (Wildman–Crippen LogP) is 3.09. The van der Waals surface area contributed by atoms with Crippen molar-refractivity contribution in [3.8, 4) is 11.4 Å². The summed E-state index contributed by atoms with van der Waals surface area (Å²) in [6.45, 7) is 1.94. The van der Waals surface area contributed by atoms with Gasteiger partial charge in [0.25, 0.3) is 5.56 Å². The van der Waals surface area contributed by atoms with Crippen LogP contribution in [0, 0.1) is 0 Å². The van der Waals surface area contributed by atoms with Crippen molar-refractivity contribution in [2.45, 2.75) is 19.5 Å². The molecular formula is C18H15Cl2N5O. The van der Waals surface area contributed by atoms with Gasteiger partial charge in [0.15, 0.2) is 0 Å². The standard InChI is InChI=1S/C18H15Cl2N5O/c19-14-3-1-2-11(16(14)20)8-25-5-4-15-13(9-25)18(26)24-17(23-15)12-6-21-10-22-7-12/h1-3,6-7,10H,4-5,8-9H2,(H,23,24,26). The van der Waals surface area contributed by atoms with E-state index in [1.807, 2.05) is 12.1 Å². The van der Waals surface area contributed by atoms with Gasteiger partial charge in [0, 0.05) is 38.4 Å². The van der Waals surface area contributed by atoms with Gasteiger partial charge in [0.05, 0.1) is 26.9 Å². The zero-order chi connectivity index (χ0) is 18.1. The fraction of sp³-hybridized carbons (Fsp3) is 0.222. The van der Waals surface area contributed by atoms with Gasteiger partial charge in [-0.3, -0.25) is 9.69 Å². The molecule has 0 amide bonds. The molecule has 0 unspecified atom stereocenters. The first-order valence-corrected chi connectivity index (χ1v) is 8.90. The summed E-state index contributed by atoms with van der Waals surface area (Å²) in [6.07, 6.45) is 5.40. The molecule has 3 aromatic rings. The first kappa shape index (κ1) is 17.1. The Morgan fingerprint density at radius 1 is 1.19 bits per heavy atom. The molecule has 0 aliphatic carbocycles. The van der Waals surface area contributed by atoms with Crippen molar-refractivity contribution < 1.29 is 0 Å². The molecule has 0 saturated heterocycles. The van der Waals surface area contributed by atoms with Crippen LogP contribution in [0.3, 0.4) is 0 Å². The van der Waals surface area contributed by atoms with Crippen LogP contribution < -0.4 is 5.56 Å². The summed E-state index contributed by atoms with van der Waals surface area (Å²) in [5.41, 5.74) is 3.03. The lowest BCUT2D eigenvalue weighted by molar-refractivity contribution is 0.242. The number of nitrogens with zero attached hydrogens (tertiary/aromatic N) is 4. The highest BCUT2D eigenvalue weighted by Gasteiger charge is 2.22. The average Bonchev–Trinajstić information content (AvgIpc) is 2.66. The second-order valence-electron chi connectivity index (χ2n) is 6.14. The molecular weight excluding hydrogens is 373 g/mol. The Balaban J connectivity index is 1.60. The quantitative estimate of drug-likeness (QED) is 0.747. The topological polar surface area (TPSA) is 74.8 Å². The summed E-state index contributed by atoms with van der Waals surface area (Å²) in [5.74, 6) is 0.501. The number of rotatable bonds is 3. The van der Waals surface area contributed by atoms with Crippen LogP contribution in [0.15, 0.2) is 41.7 Å². The van der Waals surface area contributed by atoms with Gasteiger partial charge in [-0.15, -0.1) is 0 Å². The second kappa shape index (κ2) is 7.15. The van der Waals surface area contributed by atoms with Crippen LogP contribution in [0.4, 0.5) is 0 Å². The Morgan fingerprint density at radius 2 is 2.00 bits per heavy atom. The molecule has 2 aromatic heterocycles. The molecule has 132 valence electrons. The van der Waals surface area contributed by atoms with Gasteiger partial charge in [-0.2, -0.15) is 0 Å². The van der Waals surface area contributed by atoms with Crippen LogP contribution in [0.25, 0.3) is 11.4 Å². The summed E-state index contributed by atoms with van der Waals surface area (Å²) < 4.78 is 0. The van der Waals surface area contributed by atoms with E-state index < -0.39 is 0 Å². The molecule has 0 spiro atoms. The number of halogens is 2. The lowest BCUT2D eigenvalue weighted by atomic mass is 10.1. The number of nitrogens with one attached hydrogen (secondary N) is 1. The van der Waals surface area contributed by atoms with Crippen LogP contribution in [0.5, 0.6) is 0 Å². The molecule has 0 radical (unpaired) electrons. The molecule has 1 aliphatic heterocycles. The summed E-state index contributed by atoms with van der Waals surface area (Å²) in [4.78, 5) is 30.1. The number of H-pyrrole nitrogens is 1. The maximum atomic E-state index is 12.6. The van der Waals surface area contributed by atoms with Crippen molar-refractivity contribution in [3.05, 3.63) is 74.1 Å². The molecule has 1 aliphatic rings. The maximum Gasteiger partial charge on any atom is 0.255 e. The molecule has 0 atom stereocenters. The van der Waals surface area contributed by atoms with Gasteiger partial charge in [0.1, 0.15) is 12.2 Å². The van der Waals surface area contributed by atoms with Crippen LogP contribution in [-0.2, 0) is 19.5 Å². The van der Waals surface area contributed by atoms with Crippen LogP contribution >= 0.6 is 23.2 Å². The van der Waals surface area contributed by atoms with Gasteiger partial charge in [-0.25, -0.2) is 15.0 Å². The van der Waals surface area contributed by atoms with E-state index in [9.17, 15) is 4.79 Å². The van der Waals surface area contributed by atoms with E-state index in [1.165, 1.54) is 6.33 Å². The normalized spacial score (nSPS) is 14.2. The van der Waals surface area contributed by atoms with Crippen molar-refractivity contribution in [2.75, 3.05) is 6.54 Å². The minimum atomic E-state index is -0.129. The number of aromatic amines is 1. The SMILES string of the molecule is O=c1[nH]c(-c2cncnc2)nc2c1CN(Cc1cccc(Cl)c1Cl)CC2. The number of aromatic nitrogens is 4. The Bertz CT molecular complexity index is 1010. The Morgan fingerprint density at radius 3 is 2.81 bits per heavy atom. The Labute approximate surface area is 159 Å². The molecule has 26 heavy (non-hydrogen) atoms. The van der Waals surface area contributed by atoms with Crippen molar-refractivity contribution in [2.24, 2.45) is 0 Å². The number of hydrogen-bond acceptors (Lipinski definition) is 5. The fourth-order valence-electron chi connectivity index (χ4n) is 3.09. The molecule has 0 bridgehead atoms. The number of fused-ring (bicyclic) bond motifs is 1. The minimum Gasteiger partial charge on any atom is -0.306 e. The number of hydrogen-bond donors (Lipinski definition) is 1. The van der Waals surface area contributed by atoms with Gasteiger partial charge >= 0.3 is 0 Å². The summed E-state index contributed by atoms with van der Waals surface area (Å²) in [5, 5.41) is 1.10. The molecule has 4 rings (SSSR count). The van der Waals surface area contributed by atoms with Gasteiger partial charge in [-0.05, 0) is 11.6 Å². The smallest absolute Gasteiger partial charge is 0.255 e. The summed E-state index contributed by atoms with van der Waals surface area (Å²) >= 11 is 12.4. The highest BCUT2D eigenvalue weighted by atomic mass is 35.5. The van der Waals surface area contributed by atoms with Crippen molar-refractivity contribution >= 4 is 23.2 Å². The van der Waals surface area contributed by atoms with Gasteiger partial charge in [-0.1, -0.05) is 35.3 Å². The van der Waals surface area contributed by atoms with Gasteiger partial charge < -0.3 is 4.98 Å². The van der Waals surface area contributed by atoms with Crippen molar-refractivity contribution in [3.63, 3.8) is 0 Å².